The first-order valence-electron chi connectivity index (χ1n) is 16.5. The summed E-state index contributed by atoms with van der Waals surface area (Å²) in [5.74, 6) is 0.530. The fraction of sp³-hybridized carbons (Fsp3) is 0.350. The van der Waals surface area contributed by atoms with E-state index in [1.165, 1.54) is 12.8 Å². The molecule has 0 saturated carbocycles. The van der Waals surface area contributed by atoms with Gasteiger partial charge in [-0.05, 0) is 41.7 Å². The van der Waals surface area contributed by atoms with Crippen molar-refractivity contribution in [1.29, 1.82) is 0 Å². The first-order chi connectivity index (χ1) is 22.6. The second-order valence-corrected chi connectivity index (χ2v) is 11.3. The predicted octanol–water partition coefficient (Wildman–Crippen LogP) is 9.46. The number of benzene rings is 4. The van der Waals surface area contributed by atoms with Gasteiger partial charge in [0.25, 0.3) is 0 Å². The largest absolute Gasteiger partial charge is 0.485 e. The van der Waals surface area contributed by atoms with E-state index in [4.69, 9.17) is 18.9 Å². The van der Waals surface area contributed by atoms with E-state index in [0.29, 0.717) is 34.8 Å². The molecule has 0 unspecified atom stereocenters. The van der Waals surface area contributed by atoms with Crippen LogP contribution in [0.1, 0.15) is 91.4 Å². The Morgan fingerprint density at radius 1 is 0.587 bits per heavy atom. The van der Waals surface area contributed by atoms with Crippen molar-refractivity contribution in [2.24, 2.45) is 0 Å². The number of hydrogen-bond acceptors (Lipinski definition) is 6. The van der Waals surface area contributed by atoms with Crippen molar-refractivity contribution in [3.05, 3.63) is 125 Å². The Labute approximate surface area is 273 Å². The second-order valence-electron chi connectivity index (χ2n) is 11.3. The van der Waals surface area contributed by atoms with Gasteiger partial charge in [0.05, 0.1) is 18.6 Å². The summed E-state index contributed by atoms with van der Waals surface area (Å²) in [6.07, 6.45) is 6.59. The topological polar surface area (TPSA) is 71.1 Å². The zero-order valence-corrected chi connectivity index (χ0v) is 27.2. The van der Waals surface area contributed by atoms with Crippen LogP contribution >= 0.6 is 0 Å². The van der Waals surface area contributed by atoms with Crippen LogP contribution in [0.15, 0.2) is 97.1 Å². The van der Waals surface area contributed by atoms with E-state index in [2.05, 4.69) is 6.92 Å². The highest BCUT2D eigenvalue weighted by Gasteiger charge is 2.28. The normalized spacial score (nSPS) is 10.7. The molecule has 0 spiro atoms. The number of unbranched alkanes of at least 4 members (excludes halogenated alkanes) is 5. The Hall–Kier alpha value is -4.58. The van der Waals surface area contributed by atoms with Crippen LogP contribution < -0.4 is 14.2 Å². The number of ether oxygens (including phenoxy) is 4. The Balaban J connectivity index is 1.78. The highest BCUT2D eigenvalue weighted by Crippen LogP contribution is 2.45. The zero-order chi connectivity index (χ0) is 32.4. The van der Waals surface area contributed by atoms with Gasteiger partial charge in [-0.15, -0.1) is 0 Å². The van der Waals surface area contributed by atoms with Crippen LogP contribution in [0.25, 0.3) is 0 Å². The van der Waals surface area contributed by atoms with Crippen LogP contribution in [0, 0.1) is 0 Å². The van der Waals surface area contributed by atoms with Crippen molar-refractivity contribution in [2.45, 2.75) is 85.0 Å². The maximum atomic E-state index is 14.1. The summed E-state index contributed by atoms with van der Waals surface area (Å²) in [7, 11) is 0. The summed E-state index contributed by atoms with van der Waals surface area (Å²) < 4.78 is 24.7. The molecule has 0 heterocycles. The van der Waals surface area contributed by atoms with Gasteiger partial charge in [-0.25, -0.2) is 0 Å². The van der Waals surface area contributed by atoms with Crippen LogP contribution in [0.4, 0.5) is 0 Å². The molecule has 4 rings (SSSR count). The number of carbonyl (C=O) groups excluding carboxylic acids is 2. The van der Waals surface area contributed by atoms with Gasteiger partial charge in [-0.1, -0.05) is 130 Å². The van der Waals surface area contributed by atoms with Gasteiger partial charge in [0.1, 0.15) is 19.8 Å². The number of ketones is 1. The van der Waals surface area contributed by atoms with Crippen molar-refractivity contribution in [1.82, 2.24) is 0 Å². The Bertz CT molecular complexity index is 1480. The fourth-order valence-corrected chi connectivity index (χ4v) is 5.25. The maximum Gasteiger partial charge on any atom is 0.310 e. The molecular formula is C40H46O6. The predicted molar refractivity (Wildman–Crippen MR) is 181 cm³/mol. The highest BCUT2D eigenvalue weighted by atomic mass is 16.5. The molecule has 0 atom stereocenters. The van der Waals surface area contributed by atoms with Gasteiger partial charge in [-0.2, -0.15) is 0 Å². The molecule has 0 saturated heterocycles. The molecule has 46 heavy (non-hydrogen) atoms. The minimum atomic E-state index is -0.419. The smallest absolute Gasteiger partial charge is 0.310 e. The second kappa shape index (κ2) is 19.1. The molecule has 4 aromatic rings. The molecule has 0 aromatic heterocycles. The van der Waals surface area contributed by atoms with Crippen molar-refractivity contribution in [3.63, 3.8) is 0 Å². The van der Waals surface area contributed by atoms with Gasteiger partial charge < -0.3 is 18.9 Å². The van der Waals surface area contributed by atoms with E-state index in [-0.39, 0.29) is 38.6 Å². The van der Waals surface area contributed by atoms with E-state index in [0.717, 1.165) is 42.4 Å². The summed E-state index contributed by atoms with van der Waals surface area (Å²) >= 11 is 0. The fourth-order valence-electron chi connectivity index (χ4n) is 5.25. The summed E-state index contributed by atoms with van der Waals surface area (Å²) in [5, 5.41) is 0. The van der Waals surface area contributed by atoms with Crippen LogP contribution in [0.5, 0.6) is 17.2 Å². The third kappa shape index (κ3) is 10.8. The van der Waals surface area contributed by atoms with E-state index >= 15 is 0 Å². The molecule has 4 aromatic carbocycles. The minimum Gasteiger partial charge on any atom is -0.485 e. The van der Waals surface area contributed by atoms with Gasteiger partial charge in [-0.3, -0.25) is 9.59 Å². The minimum absolute atomic E-state index is 0.0861. The molecule has 0 aliphatic heterocycles. The first kappa shape index (κ1) is 34.3. The lowest BCUT2D eigenvalue weighted by Crippen LogP contribution is -2.15. The molecule has 0 N–H and O–H groups in total. The summed E-state index contributed by atoms with van der Waals surface area (Å²) in [6, 6.07) is 31.2. The van der Waals surface area contributed by atoms with Gasteiger partial charge >= 0.3 is 5.97 Å². The molecular weight excluding hydrogens is 576 g/mol. The van der Waals surface area contributed by atoms with Crippen LogP contribution in [-0.2, 0) is 35.8 Å². The standard InChI is InChI=1S/C40H46O6/c1-3-5-6-7-8-18-25-35(41)38-34(27-37(42)43-4-2)26-36(44-28-31-19-12-9-13-20-31)39(45-29-32-21-14-10-15-22-32)40(38)46-30-33-23-16-11-17-24-33/h9-17,19-24,26H,3-8,18,25,27-30H2,1-2H3. The van der Waals surface area contributed by atoms with Gasteiger partial charge in [0.2, 0.25) is 5.75 Å². The number of esters is 1. The molecule has 6 heteroatoms. The van der Waals surface area contributed by atoms with Crippen molar-refractivity contribution in [2.75, 3.05) is 6.61 Å². The molecule has 0 amide bonds. The molecule has 6 nitrogen and oxygen atoms in total. The molecule has 0 fully saturated rings. The lowest BCUT2D eigenvalue weighted by molar-refractivity contribution is -0.142. The highest BCUT2D eigenvalue weighted by molar-refractivity contribution is 6.02. The summed E-state index contributed by atoms with van der Waals surface area (Å²) in [4.78, 5) is 27.0. The van der Waals surface area contributed by atoms with E-state index in [1.54, 1.807) is 13.0 Å². The average molecular weight is 623 g/mol. The molecule has 242 valence electrons. The lowest BCUT2D eigenvalue weighted by Gasteiger charge is -2.22. The molecule has 0 aliphatic rings. The van der Waals surface area contributed by atoms with E-state index in [1.807, 2.05) is 91.0 Å². The zero-order valence-electron chi connectivity index (χ0n) is 27.2. The SMILES string of the molecule is CCCCCCCCC(=O)c1c(CC(=O)OCC)cc(OCc2ccccc2)c(OCc2ccccc2)c1OCc1ccccc1. The van der Waals surface area contributed by atoms with Crippen molar-refractivity contribution >= 4 is 11.8 Å². The molecule has 0 bridgehead atoms. The molecule has 0 aliphatic carbocycles. The monoisotopic (exact) mass is 622 g/mol. The van der Waals surface area contributed by atoms with Gasteiger partial charge in [0, 0.05) is 6.42 Å². The quantitative estimate of drug-likeness (QED) is 0.0556. The number of Topliss-reactive ketones (excluding diaryl/α,β-unsaturated/α-hetero) is 1. The van der Waals surface area contributed by atoms with Crippen LogP contribution in [0.3, 0.4) is 0 Å². The lowest BCUT2D eigenvalue weighted by atomic mass is 9.95. The van der Waals surface area contributed by atoms with Crippen LogP contribution in [0.2, 0.25) is 0 Å². The van der Waals surface area contributed by atoms with E-state index < -0.39 is 5.97 Å². The Morgan fingerprint density at radius 2 is 1.09 bits per heavy atom. The first-order valence-corrected chi connectivity index (χ1v) is 16.5. The van der Waals surface area contributed by atoms with E-state index in [9.17, 15) is 9.59 Å². The third-order valence-corrected chi connectivity index (χ3v) is 7.65. The third-order valence-electron chi connectivity index (χ3n) is 7.65. The van der Waals surface area contributed by atoms with Crippen LogP contribution in [-0.4, -0.2) is 18.4 Å². The Kier molecular flexibility index (Phi) is 14.2. The number of carbonyl (C=O) groups is 2. The number of rotatable bonds is 20. The maximum absolute atomic E-state index is 14.1. The van der Waals surface area contributed by atoms with Gasteiger partial charge in [0.15, 0.2) is 17.3 Å². The molecule has 0 radical (unpaired) electrons. The summed E-state index contributed by atoms with van der Waals surface area (Å²) in [6.45, 7) is 4.92. The Morgan fingerprint density at radius 3 is 1.63 bits per heavy atom. The number of hydrogen-bond donors (Lipinski definition) is 0. The summed E-state index contributed by atoms with van der Waals surface area (Å²) in [5.41, 5.74) is 3.73. The van der Waals surface area contributed by atoms with Crippen molar-refractivity contribution in [3.8, 4) is 17.2 Å². The average Bonchev–Trinajstić information content (AvgIpc) is 3.08. The van der Waals surface area contributed by atoms with Crippen molar-refractivity contribution < 1.29 is 28.5 Å².